The molecule has 0 bridgehead atoms. The predicted molar refractivity (Wildman–Crippen MR) is 61.2 cm³/mol. The predicted octanol–water partition coefficient (Wildman–Crippen LogP) is 1.73. The van der Waals surface area contributed by atoms with Gasteiger partial charge in [0.2, 0.25) is 5.72 Å². The second-order valence-electron chi connectivity index (χ2n) is 4.57. The topological polar surface area (TPSA) is 56.1 Å². The number of hydrogen-bond acceptors (Lipinski definition) is 4. The Bertz CT molecular complexity index is 428. The van der Waals surface area contributed by atoms with E-state index >= 15 is 0 Å². The van der Waals surface area contributed by atoms with Crippen LogP contribution in [0.5, 0.6) is 0 Å². The number of aliphatic imine (C=N–C) groups is 1. The maximum Gasteiger partial charge on any atom is 0.214 e. The summed E-state index contributed by atoms with van der Waals surface area (Å²) in [6, 6.07) is 9.07. The van der Waals surface area contributed by atoms with Crippen molar-refractivity contribution in [2.24, 2.45) is 4.99 Å². The van der Waals surface area contributed by atoms with Crippen LogP contribution in [0.15, 0.2) is 35.3 Å². The van der Waals surface area contributed by atoms with E-state index in [0.717, 1.165) is 5.06 Å². The Morgan fingerprint density at radius 3 is 2.19 bits per heavy atom. The van der Waals surface area contributed by atoms with Crippen LogP contribution < -0.4 is 0 Å². The van der Waals surface area contributed by atoms with Gasteiger partial charge in [-0.1, -0.05) is 30.3 Å². The summed E-state index contributed by atoms with van der Waals surface area (Å²) in [5.74, 6) is 0.413. The first-order valence-electron chi connectivity index (χ1n) is 5.23. The third-order valence-corrected chi connectivity index (χ3v) is 3.08. The van der Waals surface area contributed by atoms with Crippen molar-refractivity contribution in [3.63, 3.8) is 0 Å². The average Bonchev–Trinajstić information content (AvgIpc) is 2.41. The van der Waals surface area contributed by atoms with E-state index in [1.165, 1.54) is 0 Å². The van der Waals surface area contributed by atoms with Gasteiger partial charge in [0, 0.05) is 5.56 Å². The molecule has 1 atom stereocenters. The Labute approximate surface area is 94.8 Å². The second kappa shape index (κ2) is 3.30. The fourth-order valence-corrected chi connectivity index (χ4v) is 2.17. The van der Waals surface area contributed by atoms with E-state index < -0.39 is 11.3 Å². The first kappa shape index (κ1) is 11.1. The molecule has 4 nitrogen and oxygen atoms in total. The summed E-state index contributed by atoms with van der Waals surface area (Å²) >= 11 is 0. The number of hydrogen-bond donors (Lipinski definition) is 2. The van der Waals surface area contributed by atoms with E-state index in [-0.39, 0.29) is 0 Å². The fraction of sp³-hybridized carbons (Fsp3) is 0.417. The molecule has 0 fully saturated rings. The highest BCUT2D eigenvalue weighted by atomic mass is 16.5. The molecule has 1 aliphatic rings. The second-order valence-corrected chi connectivity index (χ2v) is 4.57. The molecule has 86 valence electrons. The van der Waals surface area contributed by atoms with Gasteiger partial charge < -0.3 is 5.11 Å². The molecule has 1 unspecified atom stereocenters. The molecule has 0 aliphatic carbocycles. The van der Waals surface area contributed by atoms with Gasteiger partial charge >= 0.3 is 0 Å². The lowest BCUT2D eigenvalue weighted by Crippen LogP contribution is -2.53. The van der Waals surface area contributed by atoms with Gasteiger partial charge in [0.15, 0.2) is 0 Å². The van der Waals surface area contributed by atoms with E-state index in [1.807, 2.05) is 18.2 Å². The van der Waals surface area contributed by atoms with Gasteiger partial charge in [0.05, 0.1) is 0 Å². The Kier molecular flexibility index (Phi) is 2.29. The molecule has 1 aliphatic heterocycles. The standard InChI is InChI=1S/C12H16N2O2/c1-9-13-11(2,3)12(15,14(9)16)10-7-5-4-6-8-10/h4-8,15-16H,1-3H3. The Morgan fingerprint density at radius 1 is 1.19 bits per heavy atom. The van der Waals surface area contributed by atoms with Crippen LogP contribution in [0, 0.1) is 0 Å². The van der Waals surface area contributed by atoms with Crippen molar-refractivity contribution in [2.45, 2.75) is 32.0 Å². The van der Waals surface area contributed by atoms with Crippen molar-refractivity contribution in [3.05, 3.63) is 35.9 Å². The molecule has 2 rings (SSSR count). The number of hydroxylamine groups is 2. The summed E-state index contributed by atoms with van der Waals surface area (Å²) in [6.45, 7) is 5.25. The SMILES string of the molecule is CC1=NC(C)(C)C(O)(c2ccccc2)N1O. The lowest BCUT2D eigenvalue weighted by Gasteiger charge is -2.38. The minimum absolute atomic E-state index is 0.413. The summed E-state index contributed by atoms with van der Waals surface area (Å²) in [5.41, 5.74) is -1.66. The van der Waals surface area contributed by atoms with Crippen molar-refractivity contribution < 1.29 is 10.3 Å². The average molecular weight is 220 g/mol. The van der Waals surface area contributed by atoms with Crippen molar-refractivity contribution in [1.29, 1.82) is 0 Å². The van der Waals surface area contributed by atoms with Crippen LogP contribution in [0.4, 0.5) is 0 Å². The van der Waals surface area contributed by atoms with Crippen LogP contribution >= 0.6 is 0 Å². The number of nitrogens with zero attached hydrogens (tertiary/aromatic N) is 2. The molecule has 1 aromatic carbocycles. The van der Waals surface area contributed by atoms with E-state index in [2.05, 4.69) is 4.99 Å². The van der Waals surface area contributed by atoms with Gasteiger partial charge in [-0.25, -0.2) is 5.06 Å². The maximum atomic E-state index is 10.7. The maximum absolute atomic E-state index is 10.7. The van der Waals surface area contributed by atoms with Gasteiger partial charge in [-0.15, -0.1) is 0 Å². The highest BCUT2D eigenvalue weighted by Gasteiger charge is 2.55. The molecule has 0 saturated heterocycles. The highest BCUT2D eigenvalue weighted by molar-refractivity contribution is 5.82. The summed E-state index contributed by atoms with van der Waals surface area (Å²) in [5, 5.41) is 21.5. The lowest BCUT2D eigenvalue weighted by molar-refractivity contribution is -0.234. The van der Waals surface area contributed by atoms with Crippen molar-refractivity contribution >= 4 is 5.84 Å². The van der Waals surface area contributed by atoms with Crippen LogP contribution in [0.1, 0.15) is 26.3 Å². The highest BCUT2D eigenvalue weighted by Crippen LogP contribution is 2.42. The Hall–Kier alpha value is -1.39. The zero-order valence-electron chi connectivity index (χ0n) is 9.68. The Balaban J connectivity index is 2.55. The fourth-order valence-electron chi connectivity index (χ4n) is 2.17. The normalized spacial score (nSPS) is 28.1. The zero-order valence-corrected chi connectivity index (χ0v) is 9.68. The van der Waals surface area contributed by atoms with E-state index in [9.17, 15) is 10.3 Å². The minimum Gasteiger partial charge on any atom is -0.363 e. The van der Waals surface area contributed by atoms with E-state index in [0.29, 0.717) is 11.4 Å². The van der Waals surface area contributed by atoms with Crippen LogP contribution in [0.25, 0.3) is 0 Å². The van der Waals surface area contributed by atoms with Gasteiger partial charge in [-0.3, -0.25) is 10.2 Å². The molecule has 0 saturated carbocycles. The monoisotopic (exact) mass is 220 g/mol. The smallest absolute Gasteiger partial charge is 0.214 e. The third-order valence-electron chi connectivity index (χ3n) is 3.08. The Morgan fingerprint density at radius 2 is 1.75 bits per heavy atom. The van der Waals surface area contributed by atoms with Gasteiger partial charge in [-0.05, 0) is 20.8 Å². The van der Waals surface area contributed by atoms with Gasteiger partial charge in [-0.2, -0.15) is 0 Å². The first-order chi connectivity index (χ1) is 7.39. The molecule has 0 spiro atoms. The van der Waals surface area contributed by atoms with Crippen LogP contribution in [-0.4, -0.2) is 26.8 Å². The quantitative estimate of drug-likeness (QED) is 0.757. The van der Waals surface area contributed by atoms with E-state index in [1.54, 1.807) is 32.9 Å². The van der Waals surface area contributed by atoms with E-state index in [4.69, 9.17) is 0 Å². The minimum atomic E-state index is -1.50. The molecule has 0 amide bonds. The van der Waals surface area contributed by atoms with Gasteiger partial charge in [0.1, 0.15) is 11.4 Å². The summed E-state index contributed by atoms with van der Waals surface area (Å²) in [7, 11) is 0. The molecule has 0 radical (unpaired) electrons. The number of aliphatic hydroxyl groups is 1. The summed E-state index contributed by atoms with van der Waals surface area (Å²) in [6.07, 6.45) is 0. The molecule has 1 heterocycles. The zero-order chi connectivity index (χ0) is 12.0. The molecule has 0 aromatic heterocycles. The lowest BCUT2D eigenvalue weighted by atomic mass is 9.86. The first-order valence-corrected chi connectivity index (χ1v) is 5.23. The summed E-state index contributed by atoms with van der Waals surface area (Å²) in [4.78, 5) is 4.27. The number of benzene rings is 1. The van der Waals surface area contributed by atoms with Crippen LogP contribution in [0.3, 0.4) is 0 Å². The van der Waals surface area contributed by atoms with Crippen molar-refractivity contribution in [1.82, 2.24) is 5.06 Å². The van der Waals surface area contributed by atoms with Crippen LogP contribution in [-0.2, 0) is 5.72 Å². The largest absolute Gasteiger partial charge is 0.363 e. The molecule has 16 heavy (non-hydrogen) atoms. The number of rotatable bonds is 1. The molecule has 2 N–H and O–H groups in total. The van der Waals surface area contributed by atoms with Crippen LogP contribution in [0.2, 0.25) is 0 Å². The molecule has 1 aromatic rings. The molecular weight excluding hydrogens is 204 g/mol. The van der Waals surface area contributed by atoms with Crippen molar-refractivity contribution in [2.75, 3.05) is 0 Å². The third kappa shape index (κ3) is 1.27. The van der Waals surface area contributed by atoms with Gasteiger partial charge in [0.25, 0.3) is 0 Å². The summed E-state index contributed by atoms with van der Waals surface area (Å²) < 4.78 is 0. The van der Waals surface area contributed by atoms with Crippen molar-refractivity contribution in [3.8, 4) is 0 Å². The number of amidine groups is 1. The molecule has 4 heteroatoms. The molecular formula is C12H16N2O2.